The number of rotatable bonds is 9. The lowest BCUT2D eigenvalue weighted by Gasteiger charge is -2.11. The summed E-state index contributed by atoms with van der Waals surface area (Å²) < 4.78 is 16.1. The Bertz CT molecular complexity index is 971. The topological polar surface area (TPSA) is 104 Å². The number of aromatic nitrogens is 3. The van der Waals surface area contributed by atoms with Crippen LogP contribution in [-0.4, -0.2) is 36.3 Å². The zero-order chi connectivity index (χ0) is 20.6. The Hall–Kier alpha value is -3.20. The fourth-order valence-corrected chi connectivity index (χ4v) is 3.53. The van der Waals surface area contributed by atoms with Crippen LogP contribution in [0.5, 0.6) is 17.2 Å². The van der Waals surface area contributed by atoms with E-state index in [-0.39, 0.29) is 5.95 Å². The number of ether oxygens (including phenoxy) is 3. The summed E-state index contributed by atoms with van der Waals surface area (Å²) in [5.41, 5.74) is 7.65. The zero-order valence-electron chi connectivity index (χ0n) is 16.5. The molecule has 0 saturated heterocycles. The normalized spacial score (nSPS) is 10.4. The highest BCUT2D eigenvalue weighted by molar-refractivity contribution is 7.97. The summed E-state index contributed by atoms with van der Waals surface area (Å²) in [6, 6.07) is 13.2. The molecule has 9 heteroatoms. The maximum absolute atomic E-state index is 5.87. The Morgan fingerprint density at radius 2 is 1.69 bits per heavy atom. The first-order valence-corrected chi connectivity index (χ1v) is 9.97. The van der Waals surface area contributed by atoms with Gasteiger partial charge >= 0.3 is 0 Å². The number of thioether (sulfide) groups is 1. The fourth-order valence-electron chi connectivity index (χ4n) is 2.67. The van der Waals surface area contributed by atoms with Crippen LogP contribution < -0.4 is 25.3 Å². The molecule has 152 valence electrons. The van der Waals surface area contributed by atoms with Gasteiger partial charge in [0.2, 0.25) is 11.9 Å². The van der Waals surface area contributed by atoms with E-state index in [4.69, 9.17) is 19.9 Å². The van der Waals surface area contributed by atoms with Crippen molar-refractivity contribution < 1.29 is 14.2 Å². The van der Waals surface area contributed by atoms with Crippen molar-refractivity contribution in [3.8, 4) is 17.2 Å². The van der Waals surface area contributed by atoms with E-state index in [1.807, 2.05) is 42.5 Å². The second kappa shape index (κ2) is 9.83. The Morgan fingerprint density at radius 1 is 0.897 bits per heavy atom. The molecule has 0 atom stereocenters. The van der Waals surface area contributed by atoms with Gasteiger partial charge in [-0.1, -0.05) is 12.1 Å². The number of nitrogens with one attached hydrogen (secondary N) is 1. The lowest BCUT2D eigenvalue weighted by Crippen LogP contribution is -2.07. The Balaban J connectivity index is 1.69. The lowest BCUT2D eigenvalue weighted by molar-refractivity contribution is 0.400. The van der Waals surface area contributed by atoms with Crippen molar-refractivity contribution >= 4 is 29.3 Å². The first-order chi connectivity index (χ1) is 14.1. The number of nitrogens with two attached hydrogens (primary N) is 1. The van der Waals surface area contributed by atoms with Crippen LogP contribution in [0.25, 0.3) is 0 Å². The summed E-state index contributed by atoms with van der Waals surface area (Å²) in [5.74, 6) is 4.67. The van der Waals surface area contributed by atoms with Crippen molar-refractivity contribution in [2.75, 3.05) is 32.4 Å². The number of anilines is 3. The molecule has 2 aromatic carbocycles. The van der Waals surface area contributed by atoms with Crippen molar-refractivity contribution in [2.24, 2.45) is 0 Å². The van der Waals surface area contributed by atoms with Gasteiger partial charge in [0.05, 0.1) is 32.8 Å². The van der Waals surface area contributed by atoms with E-state index >= 15 is 0 Å². The molecule has 0 aliphatic carbocycles. The number of hydrogen-bond donors (Lipinski definition) is 2. The van der Waals surface area contributed by atoms with Crippen molar-refractivity contribution in [1.82, 2.24) is 15.0 Å². The maximum Gasteiger partial charge on any atom is 0.232 e. The lowest BCUT2D eigenvalue weighted by atomic mass is 10.2. The van der Waals surface area contributed by atoms with Gasteiger partial charge in [-0.25, -0.2) is 0 Å². The number of para-hydroxylation sites is 2. The van der Waals surface area contributed by atoms with Gasteiger partial charge in [0.1, 0.15) is 23.1 Å². The minimum atomic E-state index is 0.159. The molecule has 0 unspecified atom stereocenters. The number of nitrogen functional groups attached to an aromatic ring is 1. The Kier molecular flexibility index (Phi) is 6.96. The molecule has 0 bridgehead atoms. The highest BCUT2D eigenvalue weighted by Crippen LogP contribution is 2.29. The first kappa shape index (κ1) is 20.5. The van der Waals surface area contributed by atoms with Crippen LogP contribution in [0.1, 0.15) is 11.4 Å². The summed E-state index contributed by atoms with van der Waals surface area (Å²) in [6.07, 6.45) is 0. The molecule has 0 spiro atoms. The van der Waals surface area contributed by atoms with Crippen molar-refractivity contribution in [1.29, 1.82) is 0 Å². The molecule has 3 N–H and O–H groups in total. The van der Waals surface area contributed by atoms with E-state index in [1.165, 1.54) is 0 Å². The molecule has 0 aliphatic heterocycles. The molecule has 8 nitrogen and oxygen atoms in total. The SMILES string of the molecule is COc1ccc(OC)c(CSCc2nc(N)nc(Nc3ccccc3OC)n2)c1. The van der Waals surface area contributed by atoms with Crippen LogP contribution in [0.4, 0.5) is 17.6 Å². The predicted octanol–water partition coefficient (Wildman–Crippen LogP) is 3.66. The molecule has 3 rings (SSSR count). The van der Waals surface area contributed by atoms with E-state index in [2.05, 4.69) is 20.3 Å². The van der Waals surface area contributed by atoms with Gasteiger partial charge < -0.3 is 25.3 Å². The van der Waals surface area contributed by atoms with Gasteiger partial charge in [0.15, 0.2) is 0 Å². The maximum atomic E-state index is 5.87. The average Bonchev–Trinajstić information content (AvgIpc) is 2.73. The van der Waals surface area contributed by atoms with E-state index < -0.39 is 0 Å². The molecular formula is C20H23N5O3S. The minimum Gasteiger partial charge on any atom is -0.497 e. The second-order valence-electron chi connectivity index (χ2n) is 5.93. The van der Waals surface area contributed by atoms with Crippen molar-refractivity contribution in [3.63, 3.8) is 0 Å². The summed E-state index contributed by atoms with van der Waals surface area (Å²) >= 11 is 1.64. The molecule has 0 aliphatic rings. The summed E-state index contributed by atoms with van der Waals surface area (Å²) in [4.78, 5) is 12.9. The van der Waals surface area contributed by atoms with E-state index in [9.17, 15) is 0 Å². The minimum absolute atomic E-state index is 0.159. The molecule has 29 heavy (non-hydrogen) atoms. The van der Waals surface area contributed by atoms with Crippen LogP contribution in [0.2, 0.25) is 0 Å². The van der Waals surface area contributed by atoms with Crippen LogP contribution in [-0.2, 0) is 11.5 Å². The smallest absolute Gasteiger partial charge is 0.232 e. The zero-order valence-corrected chi connectivity index (χ0v) is 17.3. The molecule has 0 fully saturated rings. The number of nitrogens with zero attached hydrogens (tertiary/aromatic N) is 3. The van der Waals surface area contributed by atoms with Gasteiger partial charge in [-0.2, -0.15) is 15.0 Å². The third-order valence-electron chi connectivity index (χ3n) is 4.03. The third-order valence-corrected chi connectivity index (χ3v) is 5.01. The Morgan fingerprint density at radius 3 is 2.45 bits per heavy atom. The van der Waals surface area contributed by atoms with Crippen molar-refractivity contribution in [3.05, 3.63) is 53.9 Å². The predicted molar refractivity (Wildman–Crippen MR) is 115 cm³/mol. The van der Waals surface area contributed by atoms with Gasteiger partial charge in [-0.05, 0) is 30.3 Å². The largest absolute Gasteiger partial charge is 0.497 e. The summed E-state index contributed by atoms with van der Waals surface area (Å²) in [7, 11) is 4.90. The van der Waals surface area contributed by atoms with E-state index in [0.29, 0.717) is 29.0 Å². The molecule has 3 aromatic rings. The Labute approximate surface area is 173 Å². The third kappa shape index (κ3) is 5.41. The number of benzene rings is 2. The van der Waals surface area contributed by atoms with E-state index in [0.717, 1.165) is 22.7 Å². The van der Waals surface area contributed by atoms with Gasteiger partial charge in [-0.3, -0.25) is 0 Å². The van der Waals surface area contributed by atoms with Gasteiger partial charge in [-0.15, -0.1) is 11.8 Å². The van der Waals surface area contributed by atoms with Crippen LogP contribution in [0.3, 0.4) is 0 Å². The monoisotopic (exact) mass is 413 g/mol. The van der Waals surface area contributed by atoms with Gasteiger partial charge in [0, 0.05) is 11.3 Å². The van der Waals surface area contributed by atoms with Crippen LogP contribution >= 0.6 is 11.8 Å². The number of methoxy groups -OCH3 is 3. The van der Waals surface area contributed by atoms with Crippen LogP contribution in [0.15, 0.2) is 42.5 Å². The molecule has 0 saturated carbocycles. The van der Waals surface area contributed by atoms with Gasteiger partial charge in [0.25, 0.3) is 0 Å². The molecule has 0 amide bonds. The molecular weight excluding hydrogens is 390 g/mol. The first-order valence-electron chi connectivity index (χ1n) is 8.82. The average molecular weight is 414 g/mol. The highest BCUT2D eigenvalue weighted by atomic mass is 32.2. The highest BCUT2D eigenvalue weighted by Gasteiger charge is 2.10. The number of hydrogen-bond acceptors (Lipinski definition) is 9. The van der Waals surface area contributed by atoms with Crippen LogP contribution in [0, 0.1) is 0 Å². The molecule has 1 aromatic heterocycles. The summed E-state index contributed by atoms with van der Waals surface area (Å²) in [6.45, 7) is 0. The fraction of sp³-hybridized carbons (Fsp3) is 0.250. The van der Waals surface area contributed by atoms with Crippen molar-refractivity contribution in [2.45, 2.75) is 11.5 Å². The quantitative estimate of drug-likeness (QED) is 0.544. The standard InChI is InChI=1S/C20H23N5O3S/c1-26-14-8-9-16(27-2)13(10-14)11-29-12-18-23-19(21)25-20(24-18)22-15-6-4-5-7-17(15)28-3/h4-10H,11-12H2,1-3H3,(H3,21,22,23,24,25). The second-order valence-corrected chi connectivity index (χ2v) is 6.91. The molecule has 0 radical (unpaired) electrons. The summed E-state index contributed by atoms with van der Waals surface area (Å²) in [5, 5.41) is 3.13. The van der Waals surface area contributed by atoms with E-state index in [1.54, 1.807) is 33.1 Å². The molecule has 1 heterocycles.